The van der Waals surface area contributed by atoms with Gasteiger partial charge in [0.1, 0.15) is 11.6 Å². The van der Waals surface area contributed by atoms with Crippen molar-refractivity contribution in [3.63, 3.8) is 0 Å². The molecule has 96 valence electrons. The van der Waals surface area contributed by atoms with Gasteiger partial charge in [-0.15, -0.1) is 0 Å². The molecule has 0 atom stereocenters. The second-order valence-electron chi connectivity index (χ2n) is 3.59. The van der Waals surface area contributed by atoms with Gasteiger partial charge in [0.25, 0.3) is 0 Å². The summed E-state index contributed by atoms with van der Waals surface area (Å²) in [6.45, 7) is 5.86. The largest absolute Gasteiger partial charge is 0.355 e. The number of nitrogens with one attached hydrogen (secondary N) is 1. The molecule has 0 saturated carbocycles. The molecule has 1 N–H and O–H groups in total. The van der Waals surface area contributed by atoms with Crippen molar-refractivity contribution in [1.82, 2.24) is 0 Å². The minimum Gasteiger partial charge on any atom is -0.355 e. The molecule has 0 saturated heterocycles. The highest BCUT2D eigenvalue weighted by atomic mass is 19.1. The summed E-state index contributed by atoms with van der Waals surface area (Å²) in [5.41, 5.74) is 2.16. The summed E-state index contributed by atoms with van der Waals surface area (Å²) in [6.07, 6.45) is 0. The van der Waals surface area contributed by atoms with E-state index in [0.717, 1.165) is 5.56 Å². The van der Waals surface area contributed by atoms with Gasteiger partial charge in [0.2, 0.25) is 0 Å². The zero-order chi connectivity index (χ0) is 13.5. The lowest BCUT2D eigenvalue weighted by Gasteiger charge is -2.09. The van der Waals surface area contributed by atoms with E-state index < -0.39 is 0 Å². The zero-order valence-corrected chi connectivity index (χ0v) is 10.8. The van der Waals surface area contributed by atoms with Crippen LogP contribution in [0.25, 0.3) is 0 Å². The van der Waals surface area contributed by atoms with E-state index in [4.69, 9.17) is 0 Å². The van der Waals surface area contributed by atoms with Crippen molar-refractivity contribution in [2.45, 2.75) is 20.8 Å². The number of rotatable bonds is 2. The predicted octanol–water partition coefficient (Wildman–Crippen LogP) is 5.04. The Bertz CT molecular complexity index is 510. The van der Waals surface area contributed by atoms with Crippen molar-refractivity contribution < 1.29 is 8.78 Å². The van der Waals surface area contributed by atoms with Crippen molar-refractivity contribution in [2.24, 2.45) is 0 Å². The Balaban J connectivity index is 0.000000771. The third-order valence-corrected chi connectivity index (χ3v) is 2.30. The monoisotopic (exact) mass is 249 g/mol. The van der Waals surface area contributed by atoms with E-state index in [9.17, 15) is 8.78 Å². The summed E-state index contributed by atoms with van der Waals surface area (Å²) >= 11 is 0. The fourth-order valence-corrected chi connectivity index (χ4v) is 1.45. The van der Waals surface area contributed by atoms with Crippen LogP contribution in [0.3, 0.4) is 0 Å². The second kappa shape index (κ2) is 6.74. The van der Waals surface area contributed by atoms with E-state index in [-0.39, 0.29) is 11.6 Å². The molecule has 0 fully saturated rings. The van der Waals surface area contributed by atoms with Crippen LogP contribution < -0.4 is 5.32 Å². The van der Waals surface area contributed by atoms with Crippen LogP contribution in [0.5, 0.6) is 0 Å². The first-order valence-electron chi connectivity index (χ1n) is 5.94. The van der Waals surface area contributed by atoms with E-state index in [1.165, 1.54) is 24.3 Å². The average Bonchev–Trinajstić information content (AvgIpc) is 2.36. The number of hydrogen-bond donors (Lipinski definition) is 1. The lowest BCUT2D eigenvalue weighted by molar-refractivity contribution is 0.627. The Labute approximate surface area is 106 Å². The Morgan fingerprint density at radius 2 is 1.56 bits per heavy atom. The second-order valence-corrected chi connectivity index (χ2v) is 3.59. The minimum absolute atomic E-state index is 0.315. The third-order valence-electron chi connectivity index (χ3n) is 2.30. The normalized spacial score (nSPS) is 9.39. The molecule has 2 aromatic carbocycles. The Morgan fingerprint density at radius 3 is 2.22 bits per heavy atom. The average molecular weight is 249 g/mol. The maximum Gasteiger partial charge on any atom is 0.125 e. The molecule has 0 aromatic heterocycles. The maximum absolute atomic E-state index is 13.0. The summed E-state index contributed by atoms with van der Waals surface area (Å²) in [5, 5.41) is 2.97. The van der Waals surface area contributed by atoms with Crippen LogP contribution >= 0.6 is 0 Å². The van der Waals surface area contributed by atoms with E-state index >= 15 is 0 Å². The lowest BCUT2D eigenvalue weighted by atomic mass is 10.2. The fraction of sp³-hybridized carbons (Fsp3) is 0.200. The number of benzene rings is 2. The van der Waals surface area contributed by atoms with Crippen molar-refractivity contribution >= 4 is 11.4 Å². The standard InChI is InChI=1S/C13H11F2N.C2H6/c1-9-5-6-11(15)8-13(9)16-12-4-2-3-10(14)7-12;1-2/h2-8,16H,1H3;1-2H3. The van der Waals surface area contributed by atoms with Crippen LogP contribution in [-0.2, 0) is 0 Å². The smallest absolute Gasteiger partial charge is 0.125 e. The summed E-state index contributed by atoms with van der Waals surface area (Å²) in [5.74, 6) is -0.636. The minimum atomic E-state index is -0.320. The number of hydrogen-bond acceptors (Lipinski definition) is 1. The summed E-state index contributed by atoms with van der Waals surface area (Å²) in [6, 6.07) is 10.5. The Morgan fingerprint density at radius 1 is 0.889 bits per heavy atom. The first-order valence-corrected chi connectivity index (χ1v) is 5.94. The van der Waals surface area contributed by atoms with Crippen LogP contribution in [0, 0.1) is 18.6 Å². The summed E-state index contributed by atoms with van der Waals surface area (Å²) in [4.78, 5) is 0. The van der Waals surface area contributed by atoms with Gasteiger partial charge in [0.15, 0.2) is 0 Å². The van der Waals surface area contributed by atoms with Gasteiger partial charge in [-0.05, 0) is 42.8 Å². The van der Waals surface area contributed by atoms with Crippen LogP contribution in [-0.4, -0.2) is 0 Å². The van der Waals surface area contributed by atoms with Crippen LogP contribution in [0.2, 0.25) is 0 Å². The molecule has 1 nitrogen and oxygen atoms in total. The molecule has 0 aliphatic rings. The molecular weight excluding hydrogens is 232 g/mol. The highest BCUT2D eigenvalue weighted by Gasteiger charge is 2.01. The van der Waals surface area contributed by atoms with Gasteiger partial charge in [-0.25, -0.2) is 8.78 Å². The van der Waals surface area contributed by atoms with Gasteiger partial charge in [0, 0.05) is 11.4 Å². The Kier molecular flexibility index (Phi) is 5.31. The van der Waals surface area contributed by atoms with E-state index in [2.05, 4.69) is 5.32 Å². The number of aryl methyl sites for hydroxylation is 1. The maximum atomic E-state index is 13.0. The van der Waals surface area contributed by atoms with E-state index in [1.54, 1.807) is 18.2 Å². The molecule has 0 unspecified atom stereocenters. The van der Waals surface area contributed by atoms with Crippen molar-refractivity contribution in [2.75, 3.05) is 5.32 Å². The van der Waals surface area contributed by atoms with Crippen molar-refractivity contribution in [3.8, 4) is 0 Å². The first-order chi connectivity index (χ1) is 8.65. The fourth-order valence-electron chi connectivity index (χ4n) is 1.45. The molecule has 0 heterocycles. The molecule has 0 spiro atoms. The topological polar surface area (TPSA) is 12.0 Å². The third kappa shape index (κ3) is 3.84. The van der Waals surface area contributed by atoms with Crippen LogP contribution in [0.4, 0.5) is 20.2 Å². The highest BCUT2D eigenvalue weighted by Crippen LogP contribution is 2.21. The van der Waals surface area contributed by atoms with Gasteiger partial charge in [0.05, 0.1) is 0 Å². The van der Waals surface area contributed by atoms with Crippen molar-refractivity contribution in [3.05, 3.63) is 59.7 Å². The van der Waals surface area contributed by atoms with Crippen LogP contribution in [0.1, 0.15) is 19.4 Å². The summed E-state index contributed by atoms with van der Waals surface area (Å²) < 4.78 is 26.0. The van der Waals surface area contributed by atoms with Crippen molar-refractivity contribution in [1.29, 1.82) is 0 Å². The molecule has 3 heteroatoms. The highest BCUT2D eigenvalue weighted by molar-refractivity contribution is 5.62. The number of anilines is 2. The summed E-state index contributed by atoms with van der Waals surface area (Å²) in [7, 11) is 0. The molecule has 0 aliphatic heterocycles. The SMILES string of the molecule is CC.Cc1ccc(F)cc1Nc1cccc(F)c1. The van der Waals surface area contributed by atoms with E-state index in [0.29, 0.717) is 11.4 Å². The van der Waals surface area contributed by atoms with Gasteiger partial charge in [-0.3, -0.25) is 0 Å². The zero-order valence-electron chi connectivity index (χ0n) is 10.8. The molecule has 0 amide bonds. The lowest BCUT2D eigenvalue weighted by Crippen LogP contribution is -1.94. The molecule has 18 heavy (non-hydrogen) atoms. The molecule has 2 aromatic rings. The molecule has 0 aliphatic carbocycles. The quantitative estimate of drug-likeness (QED) is 0.786. The number of halogens is 2. The molecule has 0 bridgehead atoms. The molecular formula is C15H17F2N. The van der Waals surface area contributed by atoms with E-state index in [1.807, 2.05) is 20.8 Å². The predicted molar refractivity (Wildman–Crippen MR) is 72.2 cm³/mol. The van der Waals surface area contributed by atoms with Gasteiger partial charge < -0.3 is 5.32 Å². The first kappa shape index (κ1) is 14.2. The van der Waals surface area contributed by atoms with Gasteiger partial charge in [-0.1, -0.05) is 26.0 Å². The van der Waals surface area contributed by atoms with Gasteiger partial charge >= 0.3 is 0 Å². The Hall–Kier alpha value is -1.90. The molecule has 2 rings (SSSR count). The van der Waals surface area contributed by atoms with Crippen LogP contribution in [0.15, 0.2) is 42.5 Å². The molecule has 0 radical (unpaired) electrons. The van der Waals surface area contributed by atoms with Gasteiger partial charge in [-0.2, -0.15) is 0 Å².